The molecule has 3 heterocycles. The summed E-state index contributed by atoms with van der Waals surface area (Å²) in [5, 5.41) is 121. The van der Waals surface area contributed by atoms with E-state index in [2.05, 4.69) is 116 Å². The van der Waals surface area contributed by atoms with Gasteiger partial charge in [0.2, 0.25) is 5.91 Å². The number of allylic oxidation sites excluding steroid dienone is 16. The summed E-state index contributed by atoms with van der Waals surface area (Å²) in [5.41, 5.74) is 0. The SMILES string of the molecule is CC/C=C\C/C=C\C/C=C\C/C=C\C/C=C\C/C=C\C/C=C\C/C=C\CCCCCCCCC(=O)NC(COC1OC(CO)C(OC2OC(CO)C(OC3OC(CO)C(O)C(O)C3O)C(O)C2O)C(O)C1O)C(O)CCCCCCCCCCCCCCCCCCCCCCCCCC. The van der Waals surface area contributed by atoms with Crippen molar-refractivity contribution in [3.8, 4) is 0 Å². The molecule has 17 atom stereocenters. The first-order valence-electron chi connectivity index (χ1n) is 39.5. The molecule has 0 aliphatic carbocycles. The fourth-order valence-electron chi connectivity index (χ4n) is 12.9. The third-order valence-corrected chi connectivity index (χ3v) is 19.2. The second-order valence-corrected chi connectivity index (χ2v) is 27.8. The van der Waals surface area contributed by atoms with Gasteiger partial charge in [-0.3, -0.25) is 4.79 Å². The van der Waals surface area contributed by atoms with E-state index in [1.54, 1.807) is 0 Å². The molecule has 578 valence electrons. The number of nitrogens with one attached hydrogen (secondary N) is 1. The summed E-state index contributed by atoms with van der Waals surface area (Å²) in [6.07, 6.45) is 54.8. The van der Waals surface area contributed by atoms with Crippen LogP contribution in [0, 0.1) is 0 Å². The van der Waals surface area contributed by atoms with Crippen molar-refractivity contribution in [2.75, 3.05) is 26.4 Å². The molecular formula is C81H141NO18. The summed E-state index contributed by atoms with van der Waals surface area (Å²) < 4.78 is 34.5. The lowest BCUT2D eigenvalue weighted by atomic mass is 9.96. The van der Waals surface area contributed by atoms with E-state index < -0.39 is 124 Å². The Labute approximate surface area is 603 Å². The second-order valence-electron chi connectivity index (χ2n) is 27.8. The lowest BCUT2D eigenvalue weighted by Crippen LogP contribution is -2.66. The Kier molecular flexibility index (Phi) is 55.4. The minimum absolute atomic E-state index is 0.244. The Hall–Kier alpha value is -3.29. The third kappa shape index (κ3) is 40.8. The van der Waals surface area contributed by atoms with Crippen LogP contribution in [0.5, 0.6) is 0 Å². The molecule has 3 rings (SSSR count). The van der Waals surface area contributed by atoms with Crippen LogP contribution in [0.15, 0.2) is 97.2 Å². The van der Waals surface area contributed by atoms with Crippen LogP contribution in [0.2, 0.25) is 0 Å². The molecule has 0 aromatic heterocycles. The molecule has 0 saturated carbocycles. The average molecular weight is 1420 g/mol. The van der Waals surface area contributed by atoms with Gasteiger partial charge in [-0.15, -0.1) is 0 Å². The molecule has 0 aromatic carbocycles. The van der Waals surface area contributed by atoms with Crippen LogP contribution < -0.4 is 5.32 Å². The van der Waals surface area contributed by atoms with Crippen molar-refractivity contribution in [3.05, 3.63) is 97.2 Å². The molecule has 100 heavy (non-hydrogen) atoms. The highest BCUT2D eigenvalue weighted by Gasteiger charge is 2.54. The van der Waals surface area contributed by atoms with Gasteiger partial charge in [-0.1, -0.05) is 291 Å². The summed E-state index contributed by atoms with van der Waals surface area (Å²) in [5.74, 6) is -0.258. The van der Waals surface area contributed by atoms with E-state index in [4.69, 9.17) is 28.4 Å². The fraction of sp³-hybridized carbons (Fsp3) is 0.790. The predicted octanol–water partition coefficient (Wildman–Crippen LogP) is 12.8. The molecular weight excluding hydrogens is 1270 g/mol. The number of carbonyl (C=O) groups is 1. The fourth-order valence-corrected chi connectivity index (χ4v) is 12.9. The highest BCUT2D eigenvalue weighted by molar-refractivity contribution is 5.76. The number of unbranched alkanes of at least 4 members (excludes halogenated alkanes) is 29. The molecule has 3 aliphatic rings. The van der Waals surface area contributed by atoms with Crippen molar-refractivity contribution in [2.45, 2.75) is 381 Å². The number of amides is 1. The van der Waals surface area contributed by atoms with Gasteiger partial charge in [0.15, 0.2) is 18.9 Å². The van der Waals surface area contributed by atoms with Gasteiger partial charge in [-0.2, -0.15) is 0 Å². The maximum Gasteiger partial charge on any atom is 0.220 e. The largest absolute Gasteiger partial charge is 0.394 e. The van der Waals surface area contributed by atoms with Gasteiger partial charge >= 0.3 is 0 Å². The van der Waals surface area contributed by atoms with Gasteiger partial charge in [0.25, 0.3) is 0 Å². The van der Waals surface area contributed by atoms with Crippen LogP contribution in [0.4, 0.5) is 0 Å². The standard InChI is InChI=1S/C81H141NO18/c1-3-5-7-9-11-13-15-17-19-21-23-25-27-29-30-31-32-33-34-35-37-39-41-43-45-47-49-51-53-55-57-59-69(87)82-64(65(86)58-56-54-52-50-48-46-44-42-40-38-36-28-26-24-22-20-18-16-14-12-10-8-6-4-2)63-95-79-75(93)72(90)77(67(61-84)97-79)100-81-76(94)73(91)78(68(62-85)98-81)99-80-74(92)71(89)70(88)66(60-83)96-80/h5,7,11,13,17,19,23,25,29-30,32-33,35,37,41,43,64-68,70-81,83-86,88-94H,3-4,6,8-10,12,14-16,18,20-22,24,26-28,31,34,36,38-40,42,44-63H2,1-2H3,(H,82,87)/b7-5-,13-11-,19-17-,25-23-,30-29-,33-32-,37-35-,43-41-. The van der Waals surface area contributed by atoms with E-state index in [9.17, 15) is 61.0 Å². The number of ether oxygens (including phenoxy) is 6. The Morgan fingerprint density at radius 3 is 1.08 bits per heavy atom. The first-order chi connectivity index (χ1) is 48.8. The van der Waals surface area contributed by atoms with E-state index in [1.807, 2.05) is 0 Å². The zero-order valence-corrected chi connectivity index (χ0v) is 61.6. The molecule has 17 unspecified atom stereocenters. The van der Waals surface area contributed by atoms with Gasteiger partial charge in [0, 0.05) is 6.42 Å². The molecule has 1 amide bonds. The first-order valence-corrected chi connectivity index (χ1v) is 39.5. The Morgan fingerprint density at radius 2 is 0.690 bits per heavy atom. The summed E-state index contributed by atoms with van der Waals surface area (Å²) in [6.45, 7) is 1.70. The third-order valence-electron chi connectivity index (χ3n) is 19.2. The molecule has 3 aliphatic heterocycles. The second kappa shape index (κ2) is 60.9. The zero-order chi connectivity index (χ0) is 72.5. The molecule has 12 N–H and O–H groups in total. The minimum atomic E-state index is -1.98. The highest BCUT2D eigenvalue weighted by Crippen LogP contribution is 2.33. The molecule has 0 radical (unpaired) electrons. The van der Waals surface area contributed by atoms with Gasteiger partial charge < -0.3 is 89.9 Å². The topological polar surface area (TPSA) is 307 Å². The lowest BCUT2D eigenvalue weighted by molar-refractivity contribution is -0.379. The van der Waals surface area contributed by atoms with E-state index in [0.717, 1.165) is 116 Å². The van der Waals surface area contributed by atoms with E-state index >= 15 is 0 Å². The summed E-state index contributed by atoms with van der Waals surface area (Å²) >= 11 is 0. The Morgan fingerprint density at radius 1 is 0.370 bits per heavy atom. The Bertz CT molecular complexity index is 2190. The first kappa shape index (κ1) is 90.9. The van der Waals surface area contributed by atoms with Gasteiger partial charge in [0.1, 0.15) is 73.2 Å². The number of hydrogen-bond donors (Lipinski definition) is 12. The molecule has 3 fully saturated rings. The van der Waals surface area contributed by atoms with E-state index in [0.29, 0.717) is 12.8 Å². The maximum absolute atomic E-state index is 13.5. The number of aliphatic hydroxyl groups excluding tert-OH is 11. The molecule has 3 saturated heterocycles. The van der Waals surface area contributed by atoms with Crippen molar-refractivity contribution in [2.24, 2.45) is 0 Å². The van der Waals surface area contributed by atoms with Crippen LogP contribution in [0.3, 0.4) is 0 Å². The molecule has 0 aromatic rings. The monoisotopic (exact) mass is 1420 g/mol. The number of aliphatic hydroxyl groups is 11. The summed E-state index contributed by atoms with van der Waals surface area (Å²) in [4.78, 5) is 13.5. The number of rotatable bonds is 61. The van der Waals surface area contributed by atoms with Crippen LogP contribution in [-0.4, -0.2) is 193 Å². The van der Waals surface area contributed by atoms with Gasteiger partial charge in [0.05, 0.1) is 38.6 Å². The highest BCUT2D eigenvalue weighted by atomic mass is 16.8. The maximum atomic E-state index is 13.5. The van der Waals surface area contributed by atoms with Crippen LogP contribution in [0.1, 0.15) is 277 Å². The summed E-state index contributed by atoms with van der Waals surface area (Å²) in [6, 6.07) is -0.904. The average Bonchev–Trinajstić information content (AvgIpc) is 0.783. The van der Waals surface area contributed by atoms with Crippen molar-refractivity contribution >= 4 is 5.91 Å². The van der Waals surface area contributed by atoms with Crippen LogP contribution >= 0.6 is 0 Å². The van der Waals surface area contributed by atoms with Crippen LogP contribution in [0.25, 0.3) is 0 Å². The number of carbonyl (C=O) groups excluding carboxylic acids is 1. The van der Waals surface area contributed by atoms with Crippen molar-refractivity contribution in [1.82, 2.24) is 5.32 Å². The van der Waals surface area contributed by atoms with E-state index in [1.165, 1.54) is 128 Å². The normalized spacial score (nSPS) is 27.0. The Balaban J connectivity index is 1.39. The van der Waals surface area contributed by atoms with Crippen molar-refractivity contribution in [3.63, 3.8) is 0 Å². The quantitative estimate of drug-likeness (QED) is 0.0199. The lowest BCUT2D eigenvalue weighted by Gasteiger charge is -2.48. The van der Waals surface area contributed by atoms with Gasteiger partial charge in [-0.25, -0.2) is 0 Å². The van der Waals surface area contributed by atoms with Crippen molar-refractivity contribution in [1.29, 1.82) is 0 Å². The molecule has 19 heteroatoms. The number of hydrogen-bond acceptors (Lipinski definition) is 18. The smallest absolute Gasteiger partial charge is 0.220 e. The zero-order valence-electron chi connectivity index (χ0n) is 61.6. The molecule has 0 bridgehead atoms. The van der Waals surface area contributed by atoms with Crippen molar-refractivity contribution < 1.29 is 89.4 Å². The molecule has 19 nitrogen and oxygen atoms in total. The van der Waals surface area contributed by atoms with Gasteiger partial charge in [-0.05, 0) is 77.0 Å². The van der Waals surface area contributed by atoms with Crippen LogP contribution in [-0.2, 0) is 33.2 Å². The van der Waals surface area contributed by atoms with E-state index in [-0.39, 0.29) is 18.9 Å². The summed E-state index contributed by atoms with van der Waals surface area (Å²) in [7, 11) is 0. The predicted molar refractivity (Wildman–Crippen MR) is 397 cm³/mol. The molecule has 0 spiro atoms. The minimum Gasteiger partial charge on any atom is -0.394 e.